The molecule has 0 fully saturated rings. The van der Waals surface area contributed by atoms with Crippen molar-refractivity contribution in [2.24, 2.45) is 0 Å². The van der Waals surface area contributed by atoms with E-state index in [4.69, 9.17) is 0 Å². The number of nitrogens with one attached hydrogen (secondary N) is 1. The van der Waals surface area contributed by atoms with E-state index in [1.54, 1.807) is 39.0 Å². The molecule has 0 aliphatic carbocycles. The molecule has 0 radical (unpaired) electrons. The molecule has 0 aromatic heterocycles. The summed E-state index contributed by atoms with van der Waals surface area (Å²) >= 11 is 0. The molecule has 0 bridgehead atoms. The highest BCUT2D eigenvalue weighted by Gasteiger charge is 2.31. The van der Waals surface area contributed by atoms with Crippen LogP contribution in [0.4, 0.5) is 10.1 Å². The lowest BCUT2D eigenvalue weighted by Crippen LogP contribution is -2.52. The first-order chi connectivity index (χ1) is 15.9. The van der Waals surface area contributed by atoms with E-state index in [9.17, 15) is 22.4 Å². The second-order valence-corrected chi connectivity index (χ2v) is 10.5. The third kappa shape index (κ3) is 6.79. The number of hydrogen-bond donors (Lipinski definition) is 1. The quantitative estimate of drug-likeness (QED) is 0.551. The number of halogens is 1. The molecule has 0 aliphatic heterocycles. The zero-order chi connectivity index (χ0) is 25.6. The largest absolute Gasteiger partial charge is 0.352 e. The minimum absolute atomic E-state index is 0.109. The number of hydrogen-bond acceptors (Lipinski definition) is 4. The number of aryl methyl sites for hydroxylation is 2. The molecule has 2 amide bonds. The molecule has 34 heavy (non-hydrogen) atoms. The van der Waals surface area contributed by atoms with Gasteiger partial charge < -0.3 is 10.2 Å². The van der Waals surface area contributed by atoms with Gasteiger partial charge in [-0.15, -0.1) is 0 Å². The number of nitrogens with zero attached hydrogens (tertiary/aromatic N) is 2. The number of rotatable bonds is 10. The highest BCUT2D eigenvalue weighted by Crippen LogP contribution is 2.27. The summed E-state index contributed by atoms with van der Waals surface area (Å²) in [6.45, 7) is 8.17. The van der Waals surface area contributed by atoms with Gasteiger partial charge in [0.25, 0.3) is 0 Å². The van der Waals surface area contributed by atoms with Gasteiger partial charge in [0.05, 0.1) is 11.9 Å². The molecule has 2 atom stereocenters. The van der Waals surface area contributed by atoms with E-state index in [2.05, 4.69) is 5.32 Å². The fourth-order valence-corrected chi connectivity index (χ4v) is 4.60. The molecular formula is C25H34FN3O4S. The van der Waals surface area contributed by atoms with Crippen LogP contribution < -0.4 is 9.62 Å². The Morgan fingerprint density at radius 1 is 1.03 bits per heavy atom. The summed E-state index contributed by atoms with van der Waals surface area (Å²) in [7, 11) is -3.83. The van der Waals surface area contributed by atoms with Crippen LogP contribution in [-0.4, -0.2) is 50.0 Å². The van der Waals surface area contributed by atoms with Gasteiger partial charge in [0, 0.05) is 18.2 Å². The van der Waals surface area contributed by atoms with Gasteiger partial charge in [-0.3, -0.25) is 13.9 Å². The Kier molecular flexibility index (Phi) is 9.21. The van der Waals surface area contributed by atoms with Gasteiger partial charge in [0.15, 0.2) is 0 Å². The third-order valence-corrected chi connectivity index (χ3v) is 6.95. The van der Waals surface area contributed by atoms with E-state index in [1.165, 1.54) is 23.1 Å². The monoisotopic (exact) mass is 491 g/mol. The summed E-state index contributed by atoms with van der Waals surface area (Å²) in [4.78, 5) is 27.6. The summed E-state index contributed by atoms with van der Waals surface area (Å²) in [6, 6.07) is 10.3. The van der Waals surface area contributed by atoms with Crippen molar-refractivity contribution in [1.82, 2.24) is 10.2 Å². The molecule has 9 heteroatoms. The van der Waals surface area contributed by atoms with E-state index in [0.717, 1.165) is 10.6 Å². The van der Waals surface area contributed by atoms with Crippen molar-refractivity contribution >= 4 is 27.5 Å². The summed E-state index contributed by atoms with van der Waals surface area (Å²) < 4.78 is 40.9. The van der Waals surface area contributed by atoms with Gasteiger partial charge in [0.1, 0.15) is 18.4 Å². The molecule has 7 nitrogen and oxygen atoms in total. The smallest absolute Gasteiger partial charge is 0.244 e. The molecule has 0 aliphatic rings. The Hall–Kier alpha value is -2.94. The van der Waals surface area contributed by atoms with Crippen LogP contribution in [-0.2, 0) is 26.2 Å². The molecule has 0 heterocycles. The normalized spacial score (nSPS) is 13.1. The fraction of sp³-hybridized carbons (Fsp3) is 0.440. The van der Waals surface area contributed by atoms with Crippen LogP contribution >= 0.6 is 0 Å². The average Bonchev–Trinajstić information content (AvgIpc) is 2.76. The molecule has 0 spiro atoms. The minimum Gasteiger partial charge on any atom is -0.352 e. The number of carbonyl (C=O) groups excluding carboxylic acids is 2. The van der Waals surface area contributed by atoms with Crippen molar-refractivity contribution in [3.05, 3.63) is 65.0 Å². The first-order valence-corrected chi connectivity index (χ1v) is 13.1. The summed E-state index contributed by atoms with van der Waals surface area (Å²) in [6.07, 6.45) is 1.74. The van der Waals surface area contributed by atoms with Crippen LogP contribution in [0.3, 0.4) is 0 Å². The van der Waals surface area contributed by atoms with Gasteiger partial charge in [-0.25, -0.2) is 12.8 Å². The van der Waals surface area contributed by atoms with E-state index in [-0.39, 0.29) is 18.2 Å². The Bertz CT molecular complexity index is 1120. The molecule has 0 unspecified atom stereocenters. The highest BCUT2D eigenvalue weighted by molar-refractivity contribution is 7.92. The molecule has 2 rings (SSSR count). The average molecular weight is 492 g/mol. The van der Waals surface area contributed by atoms with Gasteiger partial charge in [-0.1, -0.05) is 43.3 Å². The predicted octanol–water partition coefficient (Wildman–Crippen LogP) is 3.54. The van der Waals surface area contributed by atoms with E-state index < -0.39 is 40.2 Å². The first-order valence-electron chi connectivity index (χ1n) is 11.2. The number of para-hydroxylation sites is 1. The molecule has 0 saturated carbocycles. The van der Waals surface area contributed by atoms with Crippen LogP contribution in [0.1, 0.15) is 43.9 Å². The van der Waals surface area contributed by atoms with E-state index in [1.807, 2.05) is 19.9 Å². The van der Waals surface area contributed by atoms with Gasteiger partial charge in [-0.2, -0.15) is 0 Å². The van der Waals surface area contributed by atoms with Crippen LogP contribution in [0.5, 0.6) is 0 Å². The lowest BCUT2D eigenvalue weighted by atomic mass is 10.1. The number of carbonyl (C=O) groups is 2. The summed E-state index contributed by atoms with van der Waals surface area (Å²) in [5.41, 5.74) is 2.04. The van der Waals surface area contributed by atoms with Crippen molar-refractivity contribution in [3.63, 3.8) is 0 Å². The van der Waals surface area contributed by atoms with Gasteiger partial charge in [-0.05, 0) is 51.3 Å². The third-order valence-electron chi connectivity index (χ3n) is 5.83. The van der Waals surface area contributed by atoms with Crippen LogP contribution in [0.15, 0.2) is 42.5 Å². The van der Waals surface area contributed by atoms with Crippen molar-refractivity contribution in [2.45, 2.75) is 59.7 Å². The van der Waals surface area contributed by atoms with E-state index >= 15 is 0 Å². The molecule has 2 aromatic rings. The second-order valence-electron chi connectivity index (χ2n) is 8.62. The molecule has 2 aromatic carbocycles. The lowest BCUT2D eigenvalue weighted by molar-refractivity contribution is -0.139. The van der Waals surface area contributed by atoms with Crippen molar-refractivity contribution in [2.75, 3.05) is 17.1 Å². The Morgan fingerprint density at radius 3 is 2.15 bits per heavy atom. The molecule has 186 valence electrons. The summed E-state index contributed by atoms with van der Waals surface area (Å²) in [5, 5.41) is 2.84. The fourth-order valence-electron chi connectivity index (χ4n) is 3.63. The SMILES string of the molecule is CC[C@@H](C)NC(=O)[C@H](C)N(Cc1ccccc1F)C(=O)CN(c1c(C)cccc1C)S(C)(=O)=O. The first kappa shape index (κ1) is 27.3. The minimum atomic E-state index is -3.83. The van der Waals surface area contributed by atoms with E-state index in [0.29, 0.717) is 23.2 Å². The molecule has 0 saturated heterocycles. The standard InChI is InChI=1S/C25H34FN3O4S/c1-7-19(4)27-25(31)20(5)28(15-21-13-8-9-14-22(21)26)23(30)16-29(34(6,32)33)24-17(2)11-10-12-18(24)3/h8-14,19-20H,7,15-16H2,1-6H3,(H,27,31)/t19-,20+/m1/s1. The number of sulfonamides is 1. The van der Waals surface area contributed by atoms with Crippen molar-refractivity contribution in [1.29, 1.82) is 0 Å². The topological polar surface area (TPSA) is 86.8 Å². The zero-order valence-electron chi connectivity index (χ0n) is 20.6. The highest BCUT2D eigenvalue weighted by atomic mass is 32.2. The lowest BCUT2D eigenvalue weighted by Gasteiger charge is -2.32. The molecule has 1 N–H and O–H groups in total. The van der Waals surface area contributed by atoms with Gasteiger partial charge in [0.2, 0.25) is 21.8 Å². The van der Waals surface area contributed by atoms with Crippen molar-refractivity contribution in [3.8, 4) is 0 Å². The zero-order valence-corrected chi connectivity index (χ0v) is 21.4. The maximum absolute atomic E-state index is 14.4. The maximum atomic E-state index is 14.4. The number of amides is 2. The Balaban J connectivity index is 2.46. The summed E-state index contributed by atoms with van der Waals surface area (Å²) in [5.74, 6) is -1.51. The van der Waals surface area contributed by atoms with Gasteiger partial charge >= 0.3 is 0 Å². The Labute approximate surface area is 202 Å². The Morgan fingerprint density at radius 2 is 1.62 bits per heavy atom. The maximum Gasteiger partial charge on any atom is 0.244 e. The number of benzene rings is 2. The second kappa shape index (κ2) is 11.5. The van der Waals surface area contributed by atoms with Crippen LogP contribution in [0.25, 0.3) is 0 Å². The number of anilines is 1. The molecular weight excluding hydrogens is 457 g/mol. The van der Waals surface area contributed by atoms with Crippen molar-refractivity contribution < 1.29 is 22.4 Å². The van der Waals surface area contributed by atoms with Crippen LogP contribution in [0.2, 0.25) is 0 Å². The van der Waals surface area contributed by atoms with Crippen LogP contribution in [0, 0.1) is 19.7 Å². The predicted molar refractivity (Wildman–Crippen MR) is 132 cm³/mol.